The third kappa shape index (κ3) is 3.17. The summed E-state index contributed by atoms with van der Waals surface area (Å²) in [6, 6.07) is 9.38. The first-order valence-electron chi connectivity index (χ1n) is 6.85. The quantitative estimate of drug-likeness (QED) is 0.866. The largest absolute Gasteiger partial charge is 0.354 e. The van der Waals surface area contributed by atoms with Gasteiger partial charge in [-0.25, -0.2) is 0 Å². The van der Waals surface area contributed by atoms with Gasteiger partial charge in [-0.2, -0.15) is 0 Å². The van der Waals surface area contributed by atoms with E-state index < -0.39 is 0 Å². The zero-order chi connectivity index (χ0) is 14.7. The van der Waals surface area contributed by atoms with E-state index >= 15 is 0 Å². The third-order valence-electron chi connectivity index (χ3n) is 3.40. The molecule has 2 heterocycles. The standard InChI is InChI=1S/C15H16N4O2/c20-14-9-19(8-7-17-14)10-15(21)18-13-5-1-4-12-11(13)3-2-6-16-12/h1-6H,7-10H2,(H,17,20)(H,18,21). The van der Waals surface area contributed by atoms with Gasteiger partial charge in [0.25, 0.3) is 0 Å². The smallest absolute Gasteiger partial charge is 0.238 e. The fourth-order valence-corrected chi connectivity index (χ4v) is 2.43. The van der Waals surface area contributed by atoms with E-state index in [2.05, 4.69) is 15.6 Å². The van der Waals surface area contributed by atoms with Gasteiger partial charge in [-0.1, -0.05) is 6.07 Å². The number of amides is 2. The van der Waals surface area contributed by atoms with Crippen LogP contribution in [0.1, 0.15) is 0 Å². The number of carbonyl (C=O) groups excluding carboxylic acids is 2. The minimum Gasteiger partial charge on any atom is -0.354 e. The molecule has 0 unspecified atom stereocenters. The van der Waals surface area contributed by atoms with Gasteiger partial charge in [0.15, 0.2) is 0 Å². The maximum atomic E-state index is 12.1. The van der Waals surface area contributed by atoms with Gasteiger partial charge in [0.2, 0.25) is 11.8 Å². The van der Waals surface area contributed by atoms with Gasteiger partial charge in [0, 0.05) is 24.7 Å². The summed E-state index contributed by atoms with van der Waals surface area (Å²) in [6.45, 7) is 1.76. The van der Waals surface area contributed by atoms with Crippen LogP contribution in [0.2, 0.25) is 0 Å². The molecule has 1 saturated heterocycles. The molecule has 1 fully saturated rings. The molecule has 108 valence electrons. The van der Waals surface area contributed by atoms with E-state index in [1.165, 1.54) is 0 Å². The molecule has 2 aromatic rings. The van der Waals surface area contributed by atoms with E-state index in [0.717, 1.165) is 16.6 Å². The molecule has 1 aromatic heterocycles. The van der Waals surface area contributed by atoms with Crippen LogP contribution >= 0.6 is 0 Å². The molecule has 3 rings (SSSR count). The topological polar surface area (TPSA) is 74.3 Å². The average Bonchev–Trinajstić information content (AvgIpc) is 2.47. The van der Waals surface area contributed by atoms with Crippen molar-refractivity contribution >= 4 is 28.4 Å². The molecule has 0 saturated carbocycles. The molecule has 6 heteroatoms. The summed E-state index contributed by atoms with van der Waals surface area (Å²) in [5.74, 6) is -0.163. The van der Waals surface area contributed by atoms with E-state index in [9.17, 15) is 9.59 Å². The van der Waals surface area contributed by atoms with E-state index in [1.807, 2.05) is 35.2 Å². The second-order valence-corrected chi connectivity index (χ2v) is 4.98. The van der Waals surface area contributed by atoms with E-state index in [-0.39, 0.29) is 24.9 Å². The Morgan fingerprint density at radius 2 is 2.24 bits per heavy atom. The first kappa shape index (κ1) is 13.5. The number of fused-ring (bicyclic) bond motifs is 1. The van der Waals surface area contributed by atoms with Gasteiger partial charge >= 0.3 is 0 Å². The van der Waals surface area contributed by atoms with E-state index in [4.69, 9.17) is 0 Å². The lowest BCUT2D eigenvalue weighted by Gasteiger charge is -2.25. The van der Waals surface area contributed by atoms with E-state index in [0.29, 0.717) is 13.1 Å². The molecule has 0 aliphatic carbocycles. The fourth-order valence-electron chi connectivity index (χ4n) is 2.43. The number of nitrogens with zero attached hydrogens (tertiary/aromatic N) is 2. The van der Waals surface area contributed by atoms with Crippen molar-refractivity contribution in [3.8, 4) is 0 Å². The van der Waals surface area contributed by atoms with Crippen molar-refractivity contribution in [2.75, 3.05) is 31.5 Å². The van der Waals surface area contributed by atoms with Crippen LogP contribution < -0.4 is 10.6 Å². The van der Waals surface area contributed by atoms with Crippen molar-refractivity contribution in [1.29, 1.82) is 0 Å². The van der Waals surface area contributed by atoms with Crippen LogP contribution in [0.5, 0.6) is 0 Å². The summed E-state index contributed by atoms with van der Waals surface area (Å²) in [7, 11) is 0. The fraction of sp³-hybridized carbons (Fsp3) is 0.267. The first-order valence-corrected chi connectivity index (χ1v) is 6.85. The van der Waals surface area contributed by atoms with Gasteiger partial charge < -0.3 is 10.6 Å². The molecular formula is C15H16N4O2. The number of pyridine rings is 1. The van der Waals surface area contributed by atoms with Gasteiger partial charge in [-0.3, -0.25) is 19.5 Å². The Morgan fingerprint density at radius 1 is 1.33 bits per heavy atom. The molecule has 1 aliphatic rings. The molecule has 0 spiro atoms. The zero-order valence-corrected chi connectivity index (χ0v) is 11.5. The van der Waals surface area contributed by atoms with Crippen molar-refractivity contribution in [3.05, 3.63) is 36.5 Å². The molecule has 1 aliphatic heterocycles. The molecule has 6 nitrogen and oxygen atoms in total. The Kier molecular flexibility index (Phi) is 3.79. The molecule has 2 N–H and O–H groups in total. The number of benzene rings is 1. The lowest BCUT2D eigenvalue weighted by molar-refractivity contribution is -0.125. The van der Waals surface area contributed by atoms with Crippen LogP contribution in [0.25, 0.3) is 10.9 Å². The number of rotatable bonds is 3. The maximum absolute atomic E-state index is 12.1. The summed E-state index contributed by atoms with van der Waals surface area (Å²) < 4.78 is 0. The maximum Gasteiger partial charge on any atom is 0.238 e. The SMILES string of the molecule is O=C1CN(CC(=O)Nc2cccc3ncccc23)CCN1. The molecule has 0 radical (unpaired) electrons. The van der Waals surface area contributed by atoms with Gasteiger partial charge in [-0.15, -0.1) is 0 Å². The number of hydrogen-bond acceptors (Lipinski definition) is 4. The number of carbonyl (C=O) groups is 2. The highest BCUT2D eigenvalue weighted by atomic mass is 16.2. The lowest BCUT2D eigenvalue weighted by Crippen LogP contribution is -2.49. The number of hydrogen-bond donors (Lipinski definition) is 2. The Bertz CT molecular complexity index is 681. The molecular weight excluding hydrogens is 268 g/mol. The van der Waals surface area contributed by atoms with Crippen molar-refractivity contribution in [3.63, 3.8) is 0 Å². The van der Waals surface area contributed by atoms with Crippen LogP contribution in [0.3, 0.4) is 0 Å². The van der Waals surface area contributed by atoms with Gasteiger partial charge in [0.05, 0.1) is 24.3 Å². The van der Waals surface area contributed by atoms with Crippen molar-refractivity contribution < 1.29 is 9.59 Å². The minimum atomic E-state index is -0.124. The summed E-state index contributed by atoms with van der Waals surface area (Å²) in [4.78, 5) is 29.5. The van der Waals surface area contributed by atoms with Gasteiger partial charge in [0.1, 0.15) is 0 Å². The predicted octanol–water partition coefficient (Wildman–Crippen LogP) is 0.605. The Morgan fingerprint density at radius 3 is 3.10 bits per heavy atom. The van der Waals surface area contributed by atoms with Crippen LogP contribution in [-0.4, -0.2) is 47.9 Å². The monoisotopic (exact) mass is 284 g/mol. The summed E-state index contributed by atoms with van der Waals surface area (Å²) >= 11 is 0. The van der Waals surface area contributed by atoms with Crippen molar-refractivity contribution in [1.82, 2.24) is 15.2 Å². The van der Waals surface area contributed by atoms with Gasteiger partial charge in [-0.05, 0) is 24.3 Å². The first-order chi connectivity index (χ1) is 10.2. The summed E-state index contributed by atoms with van der Waals surface area (Å²) in [6.07, 6.45) is 1.72. The zero-order valence-electron chi connectivity index (χ0n) is 11.5. The molecule has 1 aromatic carbocycles. The molecule has 0 atom stereocenters. The van der Waals surface area contributed by atoms with Crippen LogP contribution in [0, 0.1) is 0 Å². The van der Waals surface area contributed by atoms with Crippen LogP contribution in [0.4, 0.5) is 5.69 Å². The Balaban J connectivity index is 1.70. The molecule has 0 bridgehead atoms. The second-order valence-electron chi connectivity index (χ2n) is 4.98. The molecule has 21 heavy (non-hydrogen) atoms. The van der Waals surface area contributed by atoms with Crippen molar-refractivity contribution in [2.45, 2.75) is 0 Å². The Labute approximate surface area is 122 Å². The van der Waals surface area contributed by atoms with E-state index in [1.54, 1.807) is 6.20 Å². The highest BCUT2D eigenvalue weighted by Crippen LogP contribution is 2.21. The number of nitrogens with one attached hydrogen (secondary N) is 2. The lowest BCUT2D eigenvalue weighted by atomic mass is 10.2. The van der Waals surface area contributed by atoms with Crippen molar-refractivity contribution in [2.24, 2.45) is 0 Å². The average molecular weight is 284 g/mol. The predicted molar refractivity (Wildman–Crippen MR) is 79.8 cm³/mol. The highest BCUT2D eigenvalue weighted by molar-refractivity contribution is 6.01. The normalized spacial score (nSPS) is 15.7. The summed E-state index contributed by atoms with van der Waals surface area (Å²) in [5.41, 5.74) is 1.58. The van der Waals surface area contributed by atoms with Crippen LogP contribution in [0.15, 0.2) is 36.5 Å². The number of piperazine rings is 1. The Hall–Kier alpha value is -2.47. The summed E-state index contributed by atoms with van der Waals surface area (Å²) in [5, 5.41) is 6.54. The minimum absolute atomic E-state index is 0.0385. The van der Waals surface area contributed by atoms with Crippen LogP contribution in [-0.2, 0) is 9.59 Å². The molecule has 2 amide bonds. The number of aromatic nitrogens is 1. The number of anilines is 1. The highest BCUT2D eigenvalue weighted by Gasteiger charge is 2.18. The second kappa shape index (κ2) is 5.88. The third-order valence-corrected chi connectivity index (χ3v) is 3.40.